The number of hydrogen-bond acceptors (Lipinski definition) is 4. The zero-order valence-corrected chi connectivity index (χ0v) is 16.5. The van der Waals surface area contributed by atoms with E-state index in [0.29, 0.717) is 17.6 Å². The summed E-state index contributed by atoms with van der Waals surface area (Å²) in [7, 11) is 2.39. The van der Waals surface area contributed by atoms with Crippen LogP contribution in [0, 0.1) is 5.92 Å². The van der Waals surface area contributed by atoms with E-state index in [9.17, 15) is 0 Å². The maximum Gasteiger partial charge on any atom is 0.0382 e. The normalized spacial score (nSPS) is 42.4. The number of rotatable bonds is 3. The van der Waals surface area contributed by atoms with Gasteiger partial charge in [0.15, 0.2) is 0 Å². The zero-order chi connectivity index (χ0) is 17.1. The molecule has 1 saturated carbocycles. The maximum atomic E-state index is 2.92. The first kappa shape index (κ1) is 17.3. The third-order valence-electron chi connectivity index (χ3n) is 7.70. The van der Waals surface area contributed by atoms with Crippen LogP contribution in [0.25, 0.3) is 0 Å². The van der Waals surface area contributed by atoms with E-state index in [1.807, 2.05) is 0 Å². The van der Waals surface area contributed by atoms with E-state index in [1.165, 1.54) is 58.5 Å². The summed E-state index contributed by atoms with van der Waals surface area (Å²) >= 11 is 0. The van der Waals surface area contributed by atoms with Gasteiger partial charge in [0.05, 0.1) is 0 Å². The lowest BCUT2D eigenvalue weighted by molar-refractivity contribution is -0.00248. The van der Waals surface area contributed by atoms with Gasteiger partial charge in [-0.15, -0.1) is 0 Å². The van der Waals surface area contributed by atoms with Gasteiger partial charge in [0.2, 0.25) is 0 Å². The van der Waals surface area contributed by atoms with Gasteiger partial charge in [-0.1, -0.05) is 0 Å². The predicted octanol–water partition coefficient (Wildman–Crippen LogP) is 1.96. The average Bonchev–Trinajstić information content (AvgIpc) is 3.03. The molecular weight excluding hydrogens is 296 g/mol. The van der Waals surface area contributed by atoms with Gasteiger partial charge in [0, 0.05) is 62.4 Å². The number of likely N-dealkylation sites (N-methyl/N-ethyl adjacent to an activating group) is 1. The minimum Gasteiger partial charge on any atom is -0.298 e. The quantitative estimate of drug-likeness (QED) is 0.782. The molecule has 24 heavy (non-hydrogen) atoms. The van der Waals surface area contributed by atoms with E-state index in [-0.39, 0.29) is 0 Å². The monoisotopic (exact) mass is 334 g/mol. The van der Waals surface area contributed by atoms with Crippen molar-refractivity contribution < 1.29 is 0 Å². The molecule has 4 aliphatic rings. The highest BCUT2D eigenvalue weighted by Gasteiger charge is 2.63. The summed E-state index contributed by atoms with van der Waals surface area (Å²) in [6.45, 7) is 17.3. The van der Waals surface area contributed by atoms with E-state index in [1.54, 1.807) is 0 Å². The molecule has 4 heteroatoms. The number of nitrogens with zero attached hydrogens (tertiary/aromatic N) is 4. The molecule has 4 nitrogen and oxygen atoms in total. The Bertz CT molecular complexity index is 465. The van der Waals surface area contributed by atoms with Gasteiger partial charge in [-0.25, -0.2) is 0 Å². The minimum atomic E-state index is 0.473. The highest BCUT2D eigenvalue weighted by molar-refractivity contribution is 5.20. The van der Waals surface area contributed by atoms with Crippen molar-refractivity contribution >= 4 is 0 Å². The molecular formula is C20H38N4. The molecule has 4 fully saturated rings. The molecule has 0 aromatic heterocycles. The van der Waals surface area contributed by atoms with Gasteiger partial charge < -0.3 is 0 Å². The summed E-state index contributed by atoms with van der Waals surface area (Å²) in [5.41, 5.74) is 0.473. The van der Waals surface area contributed by atoms with Crippen LogP contribution in [0.4, 0.5) is 0 Å². The lowest BCUT2D eigenvalue weighted by atomic mass is 9.97. The van der Waals surface area contributed by atoms with E-state index in [2.05, 4.69) is 54.3 Å². The van der Waals surface area contributed by atoms with Gasteiger partial charge in [0.1, 0.15) is 0 Å². The summed E-state index contributed by atoms with van der Waals surface area (Å²) in [6.07, 6.45) is 4.26. The smallest absolute Gasteiger partial charge is 0.0382 e. The van der Waals surface area contributed by atoms with Crippen LogP contribution in [-0.2, 0) is 0 Å². The lowest BCUT2D eigenvalue weighted by Gasteiger charge is -2.48. The van der Waals surface area contributed by atoms with Crippen molar-refractivity contribution in [2.75, 3.05) is 46.3 Å². The van der Waals surface area contributed by atoms with E-state index in [0.717, 1.165) is 18.0 Å². The minimum absolute atomic E-state index is 0.473. The first-order chi connectivity index (χ1) is 11.4. The highest BCUT2D eigenvalue weighted by Crippen LogP contribution is 2.54. The molecule has 0 amide bonds. The maximum absolute atomic E-state index is 2.92. The number of piperazine rings is 2. The molecule has 138 valence electrons. The van der Waals surface area contributed by atoms with Gasteiger partial charge in [-0.05, 0) is 66.5 Å². The van der Waals surface area contributed by atoms with Crippen molar-refractivity contribution in [3.63, 3.8) is 0 Å². The van der Waals surface area contributed by atoms with Crippen LogP contribution >= 0.6 is 0 Å². The number of hydrogen-bond donors (Lipinski definition) is 0. The van der Waals surface area contributed by atoms with Crippen LogP contribution in [-0.4, -0.2) is 95.6 Å². The fourth-order valence-electron chi connectivity index (χ4n) is 5.89. The van der Waals surface area contributed by atoms with Crippen molar-refractivity contribution in [2.45, 2.75) is 76.7 Å². The molecule has 4 atom stereocenters. The van der Waals surface area contributed by atoms with Crippen LogP contribution in [0.1, 0.15) is 47.0 Å². The Morgan fingerprint density at radius 3 is 2.38 bits per heavy atom. The summed E-state index contributed by atoms with van der Waals surface area (Å²) in [5.74, 6) is 0.881. The van der Waals surface area contributed by atoms with Gasteiger partial charge in [-0.2, -0.15) is 0 Å². The van der Waals surface area contributed by atoms with Gasteiger partial charge >= 0.3 is 0 Å². The van der Waals surface area contributed by atoms with Crippen molar-refractivity contribution in [3.8, 4) is 0 Å². The van der Waals surface area contributed by atoms with E-state index >= 15 is 0 Å². The Morgan fingerprint density at radius 2 is 1.67 bits per heavy atom. The Labute approximate surface area is 149 Å². The molecule has 3 saturated heterocycles. The summed E-state index contributed by atoms with van der Waals surface area (Å²) in [4.78, 5) is 11.1. The predicted molar refractivity (Wildman–Crippen MR) is 100 cm³/mol. The van der Waals surface area contributed by atoms with Gasteiger partial charge in [0.25, 0.3) is 0 Å². The molecule has 3 heterocycles. The SMILES string of the molecule is CC(C)N1CC2CCCN2C(C2CC23CN(C(C)C)CCN3C)C1. The van der Waals surface area contributed by atoms with Gasteiger partial charge in [-0.3, -0.25) is 19.6 Å². The fourth-order valence-corrected chi connectivity index (χ4v) is 5.89. The molecule has 1 spiro atoms. The average molecular weight is 335 g/mol. The Morgan fingerprint density at radius 1 is 0.917 bits per heavy atom. The molecule has 3 aliphatic heterocycles. The second-order valence-corrected chi connectivity index (χ2v) is 9.55. The first-order valence-electron chi connectivity index (χ1n) is 10.4. The molecule has 0 aromatic rings. The molecule has 0 aromatic carbocycles. The first-order valence-corrected chi connectivity index (χ1v) is 10.4. The van der Waals surface area contributed by atoms with Crippen molar-refractivity contribution in [1.82, 2.24) is 19.6 Å². The van der Waals surface area contributed by atoms with E-state index in [4.69, 9.17) is 0 Å². The van der Waals surface area contributed by atoms with E-state index < -0.39 is 0 Å². The van der Waals surface area contributed by atoms with Crippen LogP contribution in [0.5, 0.6) is 0 Å². The molecule has 0 radical (unpaired) electrons. The third kappa shape index (κ3) is 2.74. The van der Waals surface area contributed by atoms with Crippen molar-refractivity contribution in [3.05, 3.63) is 0 Å². The molecule has 0 bridgehead atoms. The third-order valence-corrected chi connectivity index (χ3v) is 7.70. The Hall–Kier alpha value is -0.160. The molecule has 4 rings (SSSR count). The summed E-state index contributed by atoms with van der Waals surface area (Å²) in [5, 5.41) is 0. The second-order valence-electron chi connectivity index (χ2n) is 9.55. The Balaban J connectivity index is 1.52. The molecule has 4 unspecified atom stereocenters. The molecule has 0 N–H and O–H groups in total. The zero-order valence-electron chi connectivity index (χ0n) is 16.5. The summed E-state index contributed by atoms with van der Waals surface area (Å²) < 4.78 is 0. The topological polar surface area (TPSA) is 13.0 Å². The van der Waals surface area contributed by atoms with Crippen LogP contribution < -0.4 is 0 Å². The highest BCUT2D eigenvalue weighted by atomic mass is 15.4. The lowest BCUT2D eigenvalue weighted by Crippen LogP contribution is -2.62. The Kier molecular flexibility index (Phi) is 4.48. The standard InChI is InChI=1S/C20H38N4/c1-15(2)22-10-9-21(5)20(14-22)11-18(20)19-13-23(16(3)4)12-17-7-6-8-24(17)19/h15-19H,6-14H2,1-5H3. The van der Waals surface area contributed by atoms with Crippen LogP contribution in [0.3, 0.4) is 0 Å². The second kappa shape index (κ2) is 6.22. The van der Waals surface area contributed by atoms with Crippen molar-refractivity contribution in [1.29, 1.82) is 0 Å². The van der Waals surface area contributed by atoms with Crippen LogP contribution in [0.2, 0.25) is 0 Å². The summed E-state index contributed by atoms with van der Waals surface area (Å²) in [6, 6.07) is 3.01. The fraction of sp³-hybridized carbons (Fsp3) is 1.00. The van der Waals surface area contributed by atoms with Crippen LogP contribution in [0.15, 0.2) is 0 Å². The largest absolute Gasteiger partial charge is 0.298 e. The number of fused-ring (bicyclic) bond motifs is 1. The molecule has 1 aliphatic carbocycles. The van der Waals surface area contributed by atoms with Crippen molar-refractivity contribution in [2.24, 2.45) is 5.92 Å².